The molecule has 2 aliphatic rings. The van der Waals surface area contributed by atoms with Gasteiger partial charge in [-0.15, -0.1) is 0 Å². The number of hydrogen-bond acceptors (Lipinski definition) is 1. The van der Waals surface area contributed by atoms with Crippen molar-refractivity contribution >= 4 is 5.96 Å². The summed E-state index contributed by atoms with van der Waals surface area (Å²) in [6, 6.07) is 1.01. The maximum atomic E-state index is 6.13. The van der Waals surface area contributed by atoms with Crippen LogP contribution in [-0.4, -0.2) is 18.0 Å². The second kappa shape index (κ2) is 7.76. The summed E-state index contributed by atoms with van der Waals surface area (Å²) in [5.41, 5.74) is 6.13. The van der Waals surface area contributed by atoms with E-state index in [0.717, 1.165) is 12.3 Å². The summed E-state index contributed by atoms with van der Waals surface area (Å²) in [6.45, 7) is 2.26. The Morgan fingerprint density at radius 3 is 2.21 bits per heavy atom. The monoisotopic (exact) mass is 265 g/mol. The molecule has 0 aromatic rings. The molecule has 2 fully saturated rings. The third-order valence-corrected chi connectivity index (χ3v) is 4.89. The van der Waals surface area contributed by atoms with Gasteiger partial charge in [0.15, 0.2) is 5.96 Å². The van der Waals surface area contributed by atoms with Crippen LogP contribution in [-0.2, 0) is 0 Å². The smallest absolute Gasteiger partial charge is 0.189 e. The Hall–Kier alpha value is -0.730. The van der Waals surface area contributed by atoms with E-state index < -0.39 is 0 Å². The van der Waals surface area contributed by atoms with Gasteiger partial charge in [0.05, 0.1) is 6.04 Å². The topological polar surface area (TPSA) is 50.4 Å². The van der Waals surface area contributed by atoms with Gasteiger partial charge in [0.25, 0.3) is 0 Å². The molecule has 0 aromatic carbocycles. The third kappa shape index (κ3) is 4.70. The van der Waals surface area contributed by atoms with Crippen molar-refractivity contribution in [1.82, 2.24) is 5.32 Å². The van der Waals surface area contributed by atoms with Gasteiger partial charge in [-0.3, -0.25) is 4.99 Å². The average molecular weight is 265 g/mol. The first-order valence-electron chi connectivity index (χ1n) is 8.39. The molecule has 0 heterocycles. The number of guanidine groups is 1. The first kappa shape index (κ1) is 14.7. The molecule has 3 heteroatoms. The molecule has 1 atom stereocenters. The summed E-state index contributed by atoms with van der Waals surface area (Å²) < 4.78 is 0. The number of nitrogens with two attached hydrogens (primary N) is 1. The lowest BCUT2D eigenvalue weighted by Crippen LogP contribution is -2.45. The Morgan fingerprint density at radius 1 is 1.05 bits per heavy atom. The third-order valence-electron chi connectivity index (χ3n) is 4.89. The SMILES string of the molecule is CCC(NC(N)=NC1CCCCC1)C1CCCCC1. The van der Waals surface area contributed by atoms with E-state index in [2.05, 4.69) is 12.2 Å². The van der Waals surface area contributed by atoms with Gasteiger partial charge in [0, 0.05) is 6.04 Å². The molecule has 0 saturated heterocycles. The van der Waals surface area contributed by atoms with Gasteiger partial charge in [0.1, 0.15) is 0 Å². The summed E-state index contributed by atoms with van der Waals surface area (Å²) in [4.78, 5) is 4.70. The summed E-state index contributed by atoms with van der Waals surface area (Å²) in [6.07, 6.45) is 14.5. The number of aliphatic imine (C=N–C) groups is 1. The largest absolute Gasteiger partial charge is 0.370 e. The van der Waals surface area contributed by atoms with Crippen LogP contribution in [0.15, 0.2) is 4.99 Å². The molecule has 0 bridgehead atoms. The Bertz CT molecular complexity index is 276. The fraction of sp³-hybridized carbons (Fsp3) is 0.938. The van der Waals surface area contributed by atoms with Crippen LogP contribution in [0.25, 0.3) is 0 Å². The zero-order valence-electron chi connectivity index (χ0n) is 12.5. The highest BCUT2D eigenvalue weighted by atomic mass is 15.1. The molecule has 3 nitrogen and oxygen atoms in total. The summed E-state index contributed by atoms with van der Waals surface area (Å²) in [7, 11) is 0. The minimum absolute atomic E-state index is 0.477. The second-order valence-corrected chi connectivity index (χ2v) is 6.36. The molecule has 1 unspecified atom stereocenters. The first-order valence-corrected chi connectivity index (χ1v) is 8.39. The van der Waals surface area contributed by atoms with E-state index in [-0.39, 0.29) is 0 Å². The van der Waals surface area contributed by atoms with Gasteiger partial charge in [-0.1, -0.05) is 45.4 Å². The summed E-state index contributed by atoms with van der Waals surface area (Å²) >= 11 is 0. The van der Waals surface area contributed by atoms with E-state index in [1.165, 1.54) is 64.2 Å². The molecule has 2 saturated carbocycles. The van der Waals surface area contributed by atoms with E-state index in [4.69, 9.17) is 10.7 Å². The lowest BCUT2D eigenvalue weighted by molar-refractivity contribution is 0.283. The van der Waals surface area contributed by atoms with Gasteiger partial charge < -0.3 is 11.1 Å². The maximum Gasteiger partial charge on any atom is 0.189 e. The standard InChI is InChI=1S/C16H31N3/c1-2-15(13-9-5-3-6-10-13)19-16(17)18-14-11-7-4-8-12-14/h13-15H,2-12H2,1H3,(H3,17,18,19). The van der Waals surface area contributed by atoms with E-state index >= 15 is 0 Å². The van der Waals surface area contributed by atoms with Crippen molar-refractivity contribution in [2.45, 2.75) is 89.6 Å². The average Bonchev–Trinajstić information content (AvgIpc) is 2.47. The molecule has 0 amide bonds. The molecule has 3 N–H and O–H groups in total. The zero-order chi connectivity index (χ0) is 13.5. The van der Waals surface area contributed by atoms with Crippen LogP contribution in [0.4, 0.5) is 0 Å². The molecule has 0 aromatic heterocycles. The van der Waals surface area contributed by atoms with Crippen LogP contribution >= 0.6 is 0 Å². The van der Waals surface area contributed by atoms with E-state index in [1.54, 1.807) is 0 Å². The van der Waals surface area contributed by atoms with Crippen LogP contribution in [0.1, 0.15) is 77.6 Å². The van der Waals surface area contributed by atoms with Crippen molar-refractivity contribution in [2.24, 2.45) is 16.6 Å². The Kier molecular flexibility index (Phi) is 5.99. The van der Waals surface area contributed by atoms with Gasteiger partial charge >= 0.3 is 0 Å². The highest BCUT2D eigenvalue weighted by Crippen LogP contribution is 2.27. The highest BCUT2D eigenvalue weighted by Gasteiger charge is 2.23. The van der Waals surface area contributed by atoms with Crippen LogP contribution in [0.2, 0.25) is 0 Å². The van der Waals surface area contributed by atoms with E-state index in [9.17, 15) is 0 Å². The number of nitrogens with zero attached hydrogens (tertiary/aromatic N) is 1. The van der Waals surface area contributed by atoms with Crippen molar-refractivity contribution in [3.63, 3.8) is 0 Å². The van der Waals surface area contributed by atoms with Crippen LogP contribution in [0.3, 0.4) is 0 Å². The van der Waals surface area contributed by atoms with Crippen molar-refractivity contribution in [3.05, 3.63) is 0 Å². The molecular weight excluding hydrogens is 234 g/mol. The van der Waals surface area contributed by atoms with Crippen LogP contribution in [0.5, 0.6) is 0 Å². The molecule has 0 radical (unpaired) electrons. The molecule has 110 valence electrons. The molecule has 2 rings (SSSR count). The Balaban J connectivity index is 1.83. The molecule has 2 aliphatic carbocycles. The fourth-order valence-corrected chi connectivity index (χ4v) is 3.72. The number of nitrogens with one attached hydrogen (secondary N) is 1. The Labute approximate surface area is 118 Å². The normalized spacial score (nSPS) is 25.2. The lowest BCUT2D eigenvalue weighted by Gasteiger charge is -2.31. The van der Waals surface area contributed by atoms with Crippen molar-refractivity contribution in [2.75, 3.05) is 0 Å². The summed E-state index contributed by atoms with van der Waals surface area (Å²) in [5, 5.41) is 3.51. The zero-order valence-corrected chi connectivity index (χ0v) is 12.5. The fourth-order valence-electron chi connectivity index (χ4n) is 3.72. The van der Waals surface area contributed by atoms with Crippen LogP contribution in [0, 0.1) is 5.92 Å². The Morgan fingerprint density at radius 2 is 1.63 bits per heavy atom. The second-order valence-electron chi connectivity index (χ2n) is 6.36. The molecule has 0 spiro atoms. The van der Waals surface area contributed by atoms with Gasteiger partial charge in [0.2, 0.25) is 0 Å². The highest BCUT2D eigenvalue weighted by molar-refractivity contribution is 5.78. The quantitative estimate of drug-likeness (QED) is 0.603. The molecular formula is C16H31N3. The van der Waals surface area contributed by atoms with Crippen molar-refractivity contribution in [1.29, 1.82) is 0 Å². The number of hydrogen-bond donors (Lipinski definition) is 2. The lowest BCUT2D eigenvalue weighted by atomic mass is 9.83. The first-order chi connectivity index (χ1) is 9.29. The maximum absolute atomic E-state index is 6.13. The van der Waals surface area contributed by atoms with Crippen molar-refractivity contribution in [3.8, 4) is 0 Å². The minimum atomic E-state index is 0.477. The van der Waals surface area contributed by atoms with Crippen molar-refractivity contribution < 1.29 is 0 Å². The number of rotatable bonds is 4. The molecule has 19 heavy (non-hydrogen) atoms. The molecule has 0 aliphatic heterocycles. The van der Waals surface area contributed by atoms with Gasteiger partial charge in [-0.05, 0) is 38.0 Å². The predicted molar refractivity (Wildman–Crippen MR) is 82.3 cm³/mol. The van der Waals surface area contributed by atoms with Crippen LogP contribution < -0.4 is 11.1 Å². The van der Waals surface area contributed by atoms with E-state index in [0.29, 0.717) is 18.0 Å². The summed E-state index contributed by atoms with van der Waals surface area (Å²) in [5.74, 6) is 1.50. The minimum Gasteiger partial charge on any atom is -0.370 e. The van der Waals surface area contributed by atoms with Gasteiger partial charge in [-0.25, -0.2) is 0 Å². The van der Waals surface area contributed by atoms with Gasteiger partial charge in [-0.2, -0.15) is 0 Å². The van der Waals surface area contributed by atoms with E-state index in [1.807, 2.05) is 0 Å². The predicted octanol–water partition coefficient (Wildman–Crippen LogP) is 3.58.